The normalized spacial score (nSPS) is 16.1. The maximum absolute atomic E-state index is 9.76. The maximum Gasteiger partial charge on any atom is 0.238 e. The Morgan fingerprint density at radius 3 is 1.46 bits per heavy atom. The molecule has 11 aromatic rings. The highest BCUT2D eigenvalue weighted by atomic mass is 15.2. The van der Waals surface area contributed by atoms with Gasteiger partial charge in [0.05, 0.1) is 46.7 Å². The molecule has 0 saturated carbocycles. The van der Waals surface area contributed by atoms with Gasteiger partial charge in [-0.15, -0.1) is 0 Å². The molecular weight excluding hydrogens is 683 g/mol. The summed E-state index contributed by atoms with van der Waals surface area (Å²) < 4.78 is 164. The van der Waals surface area contributed by atoms with E-state index in [1.807, 2.05) is 72.8 Å². The molecule has 0 N–H and O–H groups in total. The molecule has 0 amide bonds. The van der Waals surface area contributed by atoms with Crippen LogP contribution in [0.15, 0.2) is 200 Å². The molecule has 11 rings (SSSR count). The lowest BCUT2D eigenvalue weighted by atomic mass is 9.94. The zero-order valence-corrected chi connectivity index (χ0v) is 28.9. The first kappa shape index (κ1) is 18.6. The van der Waals surface area contributed by atoms with E-state index in [4.69, 9.17) is 26.4 Å². The molecule has 8 aromatic carbocycles. The van der Waals surface area contributed by atoms with Crippen LogP contribution in [0.5, 0.6) is 0 Å². The predicted octanol–water partition coefficient (Wildman–Crippen LogP) is 12.7. The van der Waals surface area contributed by atoms with Gasteiger partial charge in [-0.05, 0) is 46.5 Å². The molecule has 5 heteroatoms. The fraction of sp³-hybridized carbons (Fsp3) is 0. The molecule has 0 unspecified atom stereocenters. The van der Waals surface area contributed by atoms with Crippen molar-refractivity contribution in [3.63, 3.8) is 0 Å². The number of rotatable bonds is 6. The number of fused-ring (bicyclic) bond motifs is 7. The molecule has 0 fully saturated rings. The van der Waals surface area contributed by atoms with Crippen LogP contribution in [0.4, 0.5) is 0 Å². The highest BCUT2D eigenvalue weighted by molar-refractivity contribution is 6.23. The molecule has 0 bridgehead atoms. The number of nitrogens with zero attached hydrogens (tertiary/aromatic N) is 5. The minimum absolute atomic E-state index is 0.0225. The Morgan fingerprint density at radius 1 is 0.375 bits per heavy atom. The molecule has 3 aromatic heterocycles. The number of hydrogen-bond acceptors (Lipinski definition) is 3. The standard InChI is InChI=1S/C51H33N5/c1-5-17-34(18-6-1)39-30-29-38(33-44(39)35-19-7-2-8-20-35)55-45-27-15-13-25-40(45)42-31-32-43-41-26-14-16-28-46(41)56(48(43)47(42)55)51-53-49(36-21-9-3-10-22-36)52-50(54-51)37-23-11-4-12-24-37/h1-33H/i3D,4D,9D,10D,11D,12D,13D,14D,21D,22D,23D,24D,25D,26D,27D,28D,31D,32D. The van der Waals surface area contributed by atoms with E-state index in [-0.39, 0.29) is 55.7 Å². The Bertz CT molecular complexity index is 4150. The van der Waals surface area contributed by atoms with Crippen LogP contribution in [-0.4, -0.2) is 24.1 Å². The van der Waals surface area contributed by atoms with Gasteiger partial charge < -0.3 is 4.57 Å². The Balaban J connectivity index is 1.41. The van der Waals surface area contributed by atoms with Crippen LogP contribution in [0.25, 0.3) is 100 Å². The molecule has 0 saturated heterocycles. The zero-order valence-electron chi connectivity index (χ0n) is 46.9. The second-order valence-electron chi connectivity index (χ2n) is 12.7. The van der Waals surface area contributed by atoms with Crippen LogP contribution >= 0.6 is 0 Å². The highest BCUT2D eigenvalue weighted by Gasteiger charge is 2.24. The molecule has 0 spiro atoms. The molecule has 0 atom stereocenters. The molecule has 5 nitrogen and oxygen atoms in total. The van der Waals surface area contributed by atoms with Crippen LogP contribution < -0.4 is 0 Å². The number of benzene rings is 8. The lowest BCUT2D eigenvalue weighted by Crippen LogP contribution is -2.07. The lowest BCUT2D eigenvalue weighted by Gasteiger charge is -2.16. The smallest absolute Gasteiger partial charge is 0.238 e. The van der Waals surface area contributed by atoms with E-state index in [0.29, 0.717) is 11.3 Å². The van der Waals surface area contributed by atoms with Crippen LogP contribution in [0, 0.1) is 0 Å². The van der Waals surface area contributed by atoms with Crippen LogP contribution in [-0.2, 0) is 0 Å². The highest BCUT2D eigenvalue weighted by Crippen LogP contribution is 2.43. The van der Waals surface area contributed by atoms with Crippen LogP contribution in [0.3, 0.4) is 0 Å². The fourth-order valence-corrected chi connectivity index (χ4v) is 7.17. The Kier molecular flexibility index (Phi) is 4.33. The van der Waals surface area contributed by atoms with Crippen LogP contribution in [0.2, 0.25) is 0 Å². The summed E-state index contributed by atoms with van der Waals surface area (Å²) in [6.07, 6.45) is 0. The van der Waals surface area contributed by atoms with Crippen molar-refractivity contribution in [3.8, 4) is 56.7 Å². The molecule has 0 radical (unpaired) electrons. The van der Waals surface area contributed by atoms with Crippen molar-refractivity contribution in [1.82, 2.24) is 24.1 Å². The number of aromatic nitrogens is 5. The topological polar surface area (TPSA) is 48.5 Å². The predicted molar refractivity (Wildman–Crippen MR) is 230 cm³/mol. The van der Waals surface area contributed by atoms with Gasteiger partial charge in [0.2, 0.25) is 5.95 Å². The first-order valence-corrected chi connectivity index (χ1v) is 17.4. The van der Waals surface area contributed by atoms with Gasteiger partial charge >= 0.3 is 0 Å². The van der Waals surface area contributed by atoms with Gasteiger partial charge in [-0.2, -0.15) is 9.97 Å². The largest absolute Gasteiger partial charge is 0.307 e. The summed E-state index contributed by atoms with van der Waals surface area (Å²) in [7, 11) is 0. The van der Waals surface area contributed by atoms with E-state index in [9.17, 15) is 8.22 Å². The Morgan fingerprint density at radius 2 is 0.893 bits per heavy atom. The summed E-state index contributed by atoms with van der Waals surface area (Å²) in [5, 5.41) is -0.600. The fourth-order valence-electron chi connectivity index (χ4n) is 7.17. The van der Waals surface area contributed by atoms with Gasteiger partial charge in [-0.25, -0.2) is 4.98 Å². The van der Waals surface area contributed by atoms with Gasteiger partial charge in [0.1, 0.15) is 0 Å². The second kappa shape index (κ2) is 13.0. The molecule has 0 aliphatic heterocycles. The summed E-state index contributed by atoms with van der Waals surface area (Å²) in [5.41, 5.74) is 1.95. The van der Waals surface area contributed by atoms with Crippen molar-refractivity contribution in [1.29, 1.82) is 0 Å². The first-order valence-electron chi connectivity index (χ1n) is 26.4. The van der Waals surface area contributed by atoms with E-state index < -0.39 is 125 Å². The first-order chi connectivity index (χ1) is 35.2. The van der Waals surface area contributed by atoms with Crippen molar-refractivity contribution in [2.75, 3.05) is 0 Å². The van der Waals surface area contributed by atoms with Crippen molar-refractivity contribution in [3.05, 3.63) is 200 Å². The molecule has 56 heavy (non-hydrogen) atoms. The van der Waals surface area contributed by atoms with E-state index in [2.05, 4.69) is 4.98 Å². The van der Waals surface area contributed by atoms with Gasteiger partial charge in [0, 0.05) is 38.4 Å². The molecule has 0 aliphatic rings. The van der Waals surface area contributed by atoms with E-state index in [1.54, 1.807) is 10.6 Å². The Hall–Kier alpha value is -7.63. The van der Waals surface area contributed by atoms with Crippen molar-refractivity contribution in [2.24, 2.45) is 0 Å². The molecule has 262 valence electrons. The van der Waals surface area contributed by atoms with Crippen molar-refractivity contribution < 1.29 is 24.7 Å². The van der Waals surface area contributed by atoms with Crippen molar-refractivity contribution >= 4 is 43.6 Å². The summed E-state index contributed by atoms with van der Waals surface area (Å²) in [5.74, 6) is -1.89. The SMILES string of the molecule is [2H]c1cc([2H])c2c(c1[2H])c1c([2H])c([2H])c3c4c([2H])c([2H])cc([2H])c4n(-c4nc(-c5c([2H])c([2H])c([2H])c([2H])c5[2H])nc(-c5c([2H])c([2H])c([2H])c([2H])c5[2H])n4)c3c1n2-c1ccc(-c2ccccc2)c(-c2ccccc2)c1. The van der Waals surface area contributed by atoms with Gasteiger partial charge in [-0.1, -0.05) is 176 Å². The monoisotopic (exact) mass is 733 g/mol. The number of hydrogen-bond donors (Lipinski definition) is 0. The minimum atomic E-state index is -0.785. The van der Waals surface area contributed by atoms with Gasteiger partial charge in [-0.3, -0.25) is 4.57 Å². The lowest BCUT2D eigenvalue weighted by molar-refractivity contribution is 0.953. The summed E-state index contributed by atoms with van der Waals surface area (Å²) in [6.45, 7) is 0. The zero-order chi connectivity index (χ0) is 52.7. The van der Waals surface area contributed by atoms with E-state index >= 15 is 0 Å². The third-order valence-corrected chi connectivity index (χ3v) is 9.54. The average molecular weight is 734 g/mol. The Labute approximate surface area is 348 Å². The van der Waals surface area contributed by atoms with E-state index in [1.165, 1.54) is 10.6 Å². The van der Waals surface area contributed by atoms with E-state index in [0.717, 1.165) is 22.8 Å². The maximum atomic E-state index is 9.76. The van der Waals surface area contributed by atoms with Gasteiger partial charge in [0.25, 0.3) is 0 Å². The number of para-hydroxylation sites is 2. The minimum Gasteiger partial charge on any atom is -0.307 e. The molecule has 3 heterocycles. The summed E-state index contributed by atoms with van der Waals surface area (Å²) in [4.78, 5) is 13.8. The average Bonchev–Trinajstić information content (AvgIpc) is 3.95. The second-order valence-corrected chi connectivity index (χ2v) is 12.7. The summed E-state index contributed by atoms with van der Waals surface area (Å²) >= 11 is 0. The van der Waals surface area contributed by atoms with Crippen LogP contribution in [0.1, 0.15) is 24.7 Å². The van der Waals surface area contributed by atoms with Crippen molar-refractivity contribution in [2.45, 2.75) is 0 Å². The van der Waals surface area contributed by atoms with Gasteiger partial charge in [0.15, 0.2) is 11.6 Å². The third kappa shape index (κ3) is 5.13. The molecular formula is C51H33N5. The summed E-state index contributed by atoms with van der Waals surface area (Å²) in [6, 6.07) is 15.4. The molecule has 0 aliphatic carbocycles. The third-order valence-electron chi connectivity index (χ3n) is 9.54. The quantitative estimate of drug-likeness (QED) is 0.171.